The maximum Gasteiger partial charge on any atom is 0.251 e. The molecule has 6 heteroatoms. The maximum absolute atomic E-state index is 11.8. The Morgan fingerprint density at radius 2 is 1.79 bits per heavy atom. The van der Waals surface area contributed by atoms with Gasteiger partial charge in [-0.3, -0.25) is 9.59 Å². The van der Waals surface area contributed by atoms with Crippen LogP contribution < -0.4 is 16.0 Å². The minimum Gasteiger partial charge on any atom is -0.354 e. The number of nitrogens with one attached hydrogen (secondary N) is 3. The van der Waals surface area contributed by atoms with Crippen LogP contribution >= 0.6 is 15.9 Å². The molecule has 1 aliphatic heterocycles. The Morgan fingerprint density at radius 1 is 1.16 bits per heavy atom. The molecule has 2 rings (SSSR count). The highest BCUT2D eigenvalue weighted by atomic mass is 79.9. The van der Waals surface area contributed by atoms with Crippen LogP contribution in [0, 0.1) is 5.92 Å². The van der Waals surface area contributed by atoms with Gasteiger partial charge in [-0.05, 0) is 24.3 Å². The molecule has 1 saturated heterocycles. The number of benzene rings is 1. The van der Waals surface area contributed by atoms with Crippen LogP contribution in [-0.2, 0) is 4.79 Å². The van der Waals surface area contributed by atoms with Gasteiger partial charge in [-0.25, -0.2) is 0 Å². The van der Waals surface area contributed by atoms with Crippen LogP contribution in [0.5, 0.6) is 0 Å². The summed E-state index contributed by atoms with van der Waals surface area (Å²) in [6.07, 6.45) is 0. The van der Waals surface area contributed by atoms with Crippen LogP contribution in [0.1, 0.15) is 10.4 Å². The van der Waals surface area contributed by atoms with Gasteiger partial charge in [0, 0.05) is 36.2 Å². The van der Waals surface area contributed by atoms with Gasteiger partial charge in [-0.2, -0.15) is 0 Å². The lowest BCUT2D eigenvalue weighted by Gasteiger charge is -2.25. The number of halogens is 1. The molecule has 0 aliphatic carbocycles. The van der Waals surface area contributed by atoms with Crippen molar-refractivity contribution in [1.29, 1.82) is 0 Å². The second-order valence-corrected chi connectivity index (χ2v) is 5.32. The lowest BCUT2D eigenvalue weighted by Crippen LogP contribution is -2.51. The zero-order valence-corrected chi connectivity index (χ0v) is 12.0. The maximum atomic E-state index is 11.8. The van der Waals surface area contributed by atoms with E-state index in [1.54, 1.807) is 12.1 Å². The van der Waals surface area contributed by atoms with Gasteiger partial charge in [0.15, 0.2) is 0 Å². The molecule has 2 amide bonds. The zero-order chi connectivity index (χ0) is 13.7. The number of hydrogen-bond acceptors (Lipinski definition) is 3. The minimum atomic E-state index is -0.132. The van der Waals surface area contributed by atoms with E-state index in [-0.39, 0.29) is 17.7 Å². The van der Waals surface area contributed by atoms with E-state index in [0.717, 1.165) is 17.6 Å². The van der Waals surface area contributed by atoms with Gasteiger partial charge in [0.25, 0.3) is 5.91 Å². The van der Waals surface area contributed by atoms with Crippen LogP contribution in [0.2, 0.25) is 0 Å². The third-order valence-corrected chi connectivity index (χ3v) is 3.50. The monoisotopic (exact) mass is 325 g/mol. The molecule has 0 saturated carbocycles. The fourth-order valence-electron chi connectivity index (χ4n) is 1.68. The zero-order valence-electron chi connectivity index (χ0n) is 10.4. The quantitative estimate of drug-likeness (QED) is 0.691. The Balaban J connectivity index is 1.66. The Hall–Kier alpha value is -1.40. The number of carbonyl (C=O) groups is 2. The average Bonchev–Trinajstić information content (AvgIpc) is 2.33. The molecular formula is C13H16BrN3O2. The first-order valence-electron chi connectivity index (χ1n) is 6.19. The molecule has 1 heterocycles. The molecule has 1 aliphatic rings. The van der Waals surface area contributed by atoms with Crippen LogP contribution in [0.25, 0.3) is 0 Å². The van der Waals surface area contributed by atoms with E-state index in [9.17, 15) is 9.59 Å². The molecule has 3 N–H and O–H groups in total. The summed E-state index contributed by atoms with van der Waals surface area (Å²) in [4.78, 5) is 23.3. The lowest BCUT2D eigenvalue weighted by atomic mass is 10.0. The van der Waals surface area contributed by atoms with E-state index in [4.69, 9.17) is 0 Å². The second kappa shape index (κ2) is 6.68. The molecule has 1 fully saturated rings. The van der Waals surface area contributed by atoms with Crippen molar-refractivity contribution in [2.45, 2.75) is 0 Å². The van der Waals surface area contributed by atoms with Crippen LogP contribution in [0.3, 0.4) is 0 Å². The smallest absolute Gasteiger partial charge is 0.251 e. The van der Waals surface area contributed by atoms with Crippen molar-refractivity contribution < 1.29 is 9.59 Å². The van der Waals surface area contributed by atoms with Crippen molar-refractivity contribution in [2.75, 3.05) is 26.2 Å². The van der Waals surface area contributed by atoms with Crippen molar-refractivity contribution in [3.05, 3.63) is 34.3 Å². The average molecular weight is 326 g/mol. The van der Waals surface area contributed by atoms with Gasteiger partial charge >= 0.3 is 0 Å². The van der Waals surface area contributed by atoms with Crippen molar-refractivity contribution in [2.24, 2.45) is 5.92 Å². The predicted octanol–water partition coefficient (Wildman–Crippen LogP) is 0.515. The molecule has 0 unspecified atom stereocenters. The van der Waals surface area contributed by atoms with E-state index in [2.05, 4.69) is 31.9 Å². The summed E-state index contributed by atoms with van der Waals surface area (Å²) < 4.78 is 0.936. The summed E-state index contributed by atoms with van der Waals surface area (Å²) in [5.41, 5.74) is 0.609. The Bertz CT molecular complexity index is 457. The molecule has 0 aromatic heterocycles. The van der Waals surface area contributed by atoms with Gasteiger partial charge in [0.05, 0.1) is 5.92 Å². The minimum absolute atomic E-state index is 0.0524. The number of amides is 2. The molecule has 5 nitrogen and oxygen atoms in total. The van der Waals surface area contributed by atoms with Gasteiger partial charge < -0.3 is 16.0 Å². The molecule has 1 aromatic carbocycles. The van der Waals surface area contributed by atoms with Gasteiger partial charge in [0.2, 0.25) is 5.91 Å². The van der Waals surface area contributed by atoms with E-state index in [1.165, 1.54) is 0 Å². The van der Waals surface area contributed by atoms with E-state index in [1.807, 2.05) is 12.1 Å². The summed E-state index contributed by atoms with van der Waals surface area (Å²) >= 11 is 3.32. The van der Waals surface area contributed by atoms with Crippen molar-refractivity contribution in [3.8, 4) is 0 Å². The number of hydrogen-bond donors (Lipinski definition) is 3. The molecule has 19 heavy (non-hydrogen) atoms. The van der Waals surface area contributed by atoms with E-state index in [0.29, 0.717) is 18.7 Å². The molecule has 0 radical (unpaired) electrons. The molecule has 0 spiro atoms. The summed E-state index contributed by atoms with van der Waals surface area (Å²) in [5, 5.41) is 8.61. The van der Waals surface area contributed by atoms with E-state index < -0.39 is 0 Å². The van der Waals surface area contributed by atoms with E-state index >= 15 is 0 Å². The fraction of sp³-hybridized carbons (Fsp3) is 0.385. The van der Waals surface area contributed by atoms with Gasteiger partial charge in [0.1, 0.15) is 0 Å². The van der Waals surface area contributed by atoms with Crippen molar-refractivity contribution in [1.82, 2.24) is 16.0 Å². The number of carbonyl (C=O) groups excluding carboxylic acids is 2. The topological polar surface area (TPSA) is 70.2 Å². The van der Waals surface area contributed by atoms with Gasteiger partial charge in [-0.15, -0.1) is 0 Å². The number of rotatable bonds is 5. The molecule has 0 bridgehead atoms. The predicted molar refractivity (Wildman–Crippen MR) is 75.8 cm³/mol. The molecular weight excluding hydrogens is 310 g/mol. The first kappa shape index (κ1) is 14.0. The van der Waals surface area contributed by atoms with Crippen LogP contribution in [0.4, 0.5) is 0 Å². The first-order chi connectivity index (χ1) is 9.16. The summed E-state index contributed by atoms with van der Waals surface area (Å²) in [6.45, 7) is 2.38. The summed E-state index contributed by atoms with van der Waals surface area (Å²) in [7, 11) is 0. The highest BCUT2D eigenvalue weighted by molar-refractivity contribution is 9.10. The van der Waals surface area contributed by atoms with Crippen LogP contribution in [-0.4, -0.2) is 38.0 Å². The third kappa shape index (κ3) is 4.04. The molecule has 0 atom stereocenters. The highest BCUT2D eigenvalue weighted by Crippen LogP contribution is 2.10. The summed E-state index contributed by atoms with van der Waals surface area (Å²) in [6, 6.07) is 7.14. The normalized spacial score (nSPS) is 14.6. The Morgan fingerprint density at radius 3 is 2.37 bits per heavy atom. The second-order valence-electron chi connectivity index (χ2n) is 4.41. The van der Waals surface area contributed by atoms with Crippen molar-refractivity contribution in [3.63, 3.8) is 0 Å². The third-order valence-electron chi connectivity index (χ3n) is 2.97. The standard InChI is InChI=1S/C13H16BrN3O2/c14-11-3-1-9(2-4-11)12(18)16-5-6-17-13(19)10-7-15-8-10/h1-4,10,15H,5-8H2,(H,16,18)(H,17,19). The molecule has 1 aromatic rings. The summed E-state index contributed by atoms with van der Waals surface area (Å²) in [5.74, 6) is 0.00544. The molecule has 102 valence electrons. The van der Waals surface area contributed by atoms with Crippen molar-refractivity contribution >= 4 is 27.7 Å². The van der Waals surface area contributed by atoms with Crippen LogP contribution in [0.15, 0.2) is 28.7 Å². The fourth-order valence-corrected chi connectivity index (χ4v) is 1.95. The Kier molecular flexibility index (Phi) is 4.93. The lowest BCUT2D eigenvalue weighted by molar-refractivity contribution is -0.126. The largest absolute Gasteiger partial charge is 0.354 e. The SMILES string of the molecule is O=C(NCCNC(=O)C1CNC1)c1ccc(Br)cc1. The first-order valence-corrected chi connectivity index (χ1v) is 6.98. The Labute approximate surface area is 120 Å². The van der Waals surface area contributed by atoms with Gasteiger partial charge in [-0.1, -0.05) is 15.9 Å². The highest BCUT2D eigenvalue weighted by Gasteiger charge is 2.24.